The second-order valence-corrected chi connectivity index (χ2v) is 11.8. The van der Waals surface area contributed by atoms with Crippen LogP contribution in [0.2, 0.25) is 0 Å². The molecule has 1 fully saturated rings. The maximum atomic E-state index is 14.8. The molecular formula is C25H27F2N4O6PS. The van der Waals surface area contributed by atoms with Gasteiger partial charge in [-0.2, -0.15) is 10.1 Å². The molecular weight excluding hydrogens is 553 g/mol. The molecule has 1 unspecified atom stereocenters. The van der Waals surface area contributed by atoms with Crippen molar-refractivity contribution in [3.8, 4) is 5.75 Å². The number of nitrogens with one attached hydrogen (secondary N) is 1. The molecule has 5 atom stereocenters. The Labute approximate surface area is 227 Å². The second-order valence-electron chi connectivity index (χ2n) is 8.73. The Hall–Kier alpha value is -3.25. The fraction of sp³-hybridized carbons (Fsp3) is 0.320. The fourth-order valence-corrected chi connectivity index (χ4v) is 6.76. The topological polar surface area (TPSA) is 135 Å². The van der Waals surface area contributed by atoms with E-state index in [1.807, 2.05) is 0 Å². The molecule has 0 amide bonds. The molecule has 2 aromatic carbocycles. The van der Waals surface area contributed by atoms with Gasteiger partial charge in [-0.3, -0.25) is 13.9 Å². The highest BCUT2D eigenvalue weighted by molar-refractivity contribution is 8.00. The van der Waals surface area contributed by atoms with Crippen LogP contribution in [0.15, 0.2) is 71.7 Å². The lowest BCUT2D eigenvalue weighted by Gasteiger charge is -2.24. The number of esters is 1. The number of hydrogen-bond donors (Lipinski definition) is 2. The summed E-state index contributed by atoms with van der Waals surface area (Å²) in [5, 5.41) is 1.23. The van der Waals surface area contributed by atoms with Crippen molar-refractivity contribution in [1.29, 1.82) is 0 Å². The van der Waals surface area contributed by atoms with Gasteiger partial charge in [-0.1, -0.05) is 30.3 Å². The molecule has 0 saturated carbocycles. The summed E-state index contributed by atoms with van der Waals surface area (Å²) in [6, 6.07) is 13.9. The largest absolute Gasteiger partial charge is 0.460 e. The monoisotopic (exact) mass is 580 g/mol. The highest BCUT2D eigenvalue weighted by Crippen LogP contribution is 2.48. The number of para-hydroxylation sites is 1. The zero-order valence-electron chi connectivity index (χ0n) is 20.8. The van der Waals surface area contributed by atoms with Crippen LogP contribution in [-0.2, 0) is 25.2 Å². The maximum absolute atomic E-state index is 14.8. The summed E-state index contributed by atoms with van der Waals surface area (Å²) in [6.07, 6.45) is 0.00391. The molecule has 4 rings (SSSR count). The van der Waals surface area contributed by atoms with E-state index >= 15 is 0 Å². The van der Waals surface area contributed by atoms with E-state index in [-0.39, 0.29) is 31.2 Å². The van der Waals surface area contributed by atoms with Gasteiger partial charge in [0.15, 0.2) is 0 Å². The van der Waals surface area contributed by atoms with E-state index in [1.165, 1.54) is 43.5 Å². The maximum Gasteiger partial charge on any atom is 0.459 e. The van der Waals surface area contributed by atoms with Crippen LogP contribution >= 0.6 is 19.5 Å². The van der Waals surface area contributed by atoms with Crippen LogP contribution in [0.3, 0.4) is 0 Å². The molecule has 1 aliphatic heterocycles. The van der Waals surface area contributed by atoms with Crippen molar-refractivity contribution in [3.05, 3.63) is 88.7 Å². The zero-order valence-corrected chi connectivity index (χ0v) is 22.5. The first-order valence-corrected chi connectivity index (χ1v) is 14.4. The number of rotatable bonds is 11. The lowest BCUT2D eigenvalue weighted by molar-refractivity contribution is -0.146. The Kier molecular flexibility index (Phi) is 9.39. The molecule has 0 aliphatic carbocycles. The number of carbonyl (C=O) groups is 1. The third-order valence-electron chi connectivity index (χ3n) is 5.65. The predicted molar refractivity (Wildman–Crippen MR) is 142 cm³/mol. The fourth-order valence-electron chi connectivity index (χ4n) is 3.71. The van der Waals surface area contributed by atoms with E-state index in [2.05, 4.69) is 10.1 Å². The number of halogens is 2. The van der Waals surface area contributed by atoms with E-state index < -0.39 is 48.1 Å². The van der Waals surface area contributed by atoms with Gasteiger partial charge in [0.1, 0.15) is 41.6 Å². The molecule has 1 aliphatic rings. The van der Waals surface area contributed by atoms with Crippen LogP contribution in [0.25, 0.3) is 0 Å². The first-order valence-electron chi connectivity index (χ1n) is 11.9. The number of nitrogens with zero attached hydrogens (tertiary/aromatic N) is 2. The van der Waals surface area contributed by atoms with Gasteiger partial charge in [-0.05, 0) is 49.2 Å². The van der Waals surface area contributed by atoms with Crippen LogP contribution in [-0.4, -0.2) is 39.6 Å². The molecule has 1 saturated heterocycles. The highest BCUT2D eigenvalue weighted by Gasteiger charge is 2.40. The van der Waals surface area contributed by atoms with Crippen molar-refractivity contribution >= 4 is 31.3 Å². The van der Waals surface area contributed by atoms with Crippen LogP contribution in [0, 0.1) is 5.82 Å². The van der Waals surface area contributed by atoms with Gasteiger partial charge in [-0.15, -0.1) is 11.8 Å². The van der Waals surface area contributed by atoms with Gasteiger partial charge in [0.05, 0.1) is 6.61 Å². The quantitative estimate of drug-likeness (QED) is 0.251. The third kappa shape index (κ3) is 7.89. The normalized spacial score (nSPS) is 21.2. The van der Waals surface area contributed by atoms with Gasteiger partial charge in [0.2, 0.25) is 0 Å². The lowest BCUT2D eigenvalue weighted by atomic mass is 10.2. The third-order valence-corrected chi connectivity index (χ3v) is 8.81. The number of nitrogen functional groups attached to an aromatic ring is 1. The standard InChI is InChI=1S/C25H27F2N4O6PS/c1-16(24(32)35-14-17-7-9-18(26)10-8-17)30-38(34,37-19-5-3-2-4-6-19)36-15-20-13-21(27)23(39-20)31-12-11-22(28)29-25(31)33/h2-12,16,20-21,23H,13-15H2,1H3,(H,30,34)(H2,28,29,33)/t16-,20-,21-,23+,38?/m0/s1. The SMILES string of the molecule is C[C@H](NP(=O)(OC[C@@H]1C[C@H](F)[C@H](n2ccc(N)nc2=O)S1)Oc1ccccc1)C(=O)OCc1ccc(F)cc1. The summed E-state index contributed by atoms with van der Waals surface area (Å²) < 4.78 is 59.3. The molecule has 0 bridgehead atoms. The summed E-state index contributed by atoms with van der Waals surface area (Å²) in [5.41, 5.74) is 5.41. The number of thioether (sulfide) groups is 1. The molecule has 0 spiro atoms. The Bertz CT molecular complexity index is 1380. The number of aromatic nitrogens is 2. The molecule has 10 nitrogen and oxygen atoms in total. The lowest BCUT2D eigenvalue weighted by Crippen LogP contribution is -2.35. The van der Waals surface area contributed by atoms with Crippen LogP contribution in [0.1, 0.15) is 24.3 Å². The number of alkyl halides is 1. The van der Waals surface area contributed by atoms with Crippen LogP contribution in [0.4, 0.5) is 14.6 Å². The summed E-state index contributed by atoms with van der Waals surface area (Å²) in [7, 11) is -4.17. The van der Waals surface area contributed by atoms with E-state index in [1.54, 1.807) is 30.3 Å². The number of carbonyl (C=O) groups excluding carboxylic acids is 1. The van der Waals surface area contributed by atoms with Crippen molar-refractivity contribution < 1.29 is 31.9 Å². The molecule has 0 radical (unpaired) electrons. The average Bonchev–Trinajstić information content (AvgIpc) is 3.27. The first kappa shape index (κ1) is 28.8. The van der Waals surface area contributed by atoms with Gasteiger partial charge < -0.3 is 15.0 Å². The Morgan fingerprint density at radius 1 is 1.23 bits per heavy atom. The average molecular weight is 581 g/mol. The summed E-state index contributed by atoms with van der Waals surface area (Å²) >= 11 is 1.13. The second kappa shape index (κ2) is 12.7. The minimum Gasteiger partial charge on any atom is -0.460 e. The molecule has 1 aromatic heterocycles. The molecule has 14 heteroatoms. The van der Waals surface area contributed by atoms with Crippen LogP contribution in [0.5, 0.6) is 5.75 Å². The summed E-state index contributed by atoms with van der Waals surface area (Å²) in [4.78, 5) is 28.4. The molecule has 39 heavy (non-hydrogen) atoms. The number of hydrogen-bond acceptors (Lipinski definition) is 9. The van der Waals surface area contributed by atoms with E-state index in [0.29, 0.717) is 5.56 Å². The molecule has 3 aromatic rings. The van der Waals surface area contributed by atoms with Crippen molar-refractivity contribution in [2.45, 2.75) is 42.8 Å². The Morgan fingerprint density at radius 3 is 2.64 bits per heavy atom. The number of ether oxygens (including phenoxy) is 1. The van der Waals surface area contributed by atoms with Crippen LogP contribution < -0.4 is 21.0 Å². The zero-order chi connectivity index (χ0) is 28.0. The predicted octanol–water partition coefficient (Wildman–Crippen LogP) is 4.23. The number of anilines is 1. The Balaban J connectivity index is 1.40. The Morgan fingerprint density at radius 2 is 1.95 bits per heavy atom. The van der Waals surface area contributed by atoms with Gasteiger partial charge in [-0.25, -0.2) is 18.1 Å². The minimum absolute atomic E-state index is 0.0206. The van der Waals surface area contributed by atoms with Crippen molar-refractivity contribution in [1.82, 2.24) is 14.6 Å². The van der Waals surface area contributed by atoms with Crippen molar-refractivity contribution in [2.75, 3.05) is 12.3 Å². The van der Waals surface area contributed by atoms with E-state index in [4.69, 9.17) is 19.5 Å². The molecule has 3 N–H and O–H groups in total. The van der Waals surface area contributed by atoms with Gasteiger partial charge in [0, 0.05) is 11.4 Å². The van der Waals surface area contributed by atoms with E-state index in [9.17, 15) is 22.9 Å². The molecule has 2 heterocycles. The number of benzene rings is 2. The van der Waals surface area contributed by atoms with E-state index in [0.717, 1.165) is 16.3 Å². The first-order chi connectivity index (χ1) is 18.6. The molecule has 208 valence electrons. The van der Waals surface area contributed by atoms with Gasteiger partial charge >= 0.3 is 19.4 Å². The van der Waals surface area contributed by atoms with Gasteiger partial charge in [0.25, 0.3) is 0 Å². The van der Waals surface area contributed by atoms with Crippen molar-refractivity contribution in [3.63, 3.8) is 0 Å². The van der Waals surface area contributed by atoms with Crippen molar-refractivity contribution in [2.24, 2.45) is 0 Å². The summed E-state index contributed by atoms with van der Waals surface area (Å²) in [6.45, 7) is 1.11. The smallest absolute Gasteiger partial charge is 0.459 e. The number of nitrogens with two attached hydrogens (primary N) is 1. The highest BCUT2D eigenvalue weighted by atomic mass is 32.2. The summed E-state index contributed by atoms with van der Waals surface area (Å²) in [5.74, 6) is -0.904. The minimum atomic E-state index is -4.17.